The van der Waals surface area contributed by atoms with Crippen molar-refractivity contribution in [2.75, 3.05) is 5.73 Å². The van der Waals surface area contributed by atoms with Crippen LogP contribution in [0.3, 0.4) is 0 Å². The molecule has 0 aliphatic carbocycles. The number of hydrogen-bond acceptors (Lipinski definition) is 3. The third-order valence-corrected chi connectivity index (χ3v) is 1.61. The Balaban J connectivity index is 0.000000845. The van der Waals surface area contributed by atoms with Gasteiger partial charge in [0.2, 0.25) is 5.95 Å². The SMILES string of the molecule is Cl.Nc1nncn1-c1ccccc1. The van der Waals surface area contributed by atoms with Crippen molar-refractivity contribution in [2.24, 2.45) is 0 Å². The summed E-state index contributed by atoms with van der Waals surface area (Å²) < 4.78 is 1.72. The smallest absolute Gasteiger partial charge is 0.226 e. The molecule has 0 unspecified atom stereocenters. The number of para-hydroxylation sites is 1. The highest BCUT2D eigenvalue weighted by Gasteiger charge is 1.99. The van der Waals surface area contributed by atoms with Gasteiger partial charge in [0.15, 0.2) is 0 Å². The minimum absolute atomic E-state index is 0. The van der Waals surface area contributed by atoms with E-state index >= 15 is 0 Å². The van der Waals surface area contributed by atoms with Crippen molar-refractivity contribution in [3.05, 3.63) is 36.7 Å². The molecule has 2 N–H and O–H groups in total. The van der Waals surface area contributed by atoms with E-state index in [1.54, 1.807) is 10.9 Å². The molecule has 1 aromatic heterocycles. The lowest BCUT2D eigenvalue weighted by molar-refractivity contribution is 1.07. The van der Waals surface area contributed by atoms with Crippen LogP contribution in [0.2, 0.25) is 0 Å². The topological polar surface area (TPSA) is 56.7 Å². The maximum absolute atomic E-state index is 5.56. The van der Waals surface area contributed by atoms with Gasteiger partial charge in [-0.1, -0.05) is 18.2 Å². The zero-order valence-corrected chi connectivity index (χ0v) is 7.61. The van der Waals surface area contributed by atoms with Crippen LogP contribution in [0, 0.1) is 0 Å². The average Bonchev–Trinajstić information content (AvgIpc) is 2.53. The highest BCUT2D eigenvalue weighted by atomic mass is 35.5. The van der Waals surface area contributed by atoms with Crippen LogP contribution in [-0.2, 0) is 0 Å². The van der Waals surface area contributed by atoms with E-state index in [1.807, 2.05) is 30.3 Å². The maximum atomic E-state index is 5.56. The first-order valence-electron chi connectivity index (χ1n) is 3.59. The molecule has 0 amide bonds. The number of nitrogens with two attached hydrogens (primary N) is 1. The minimum Gasteiger partial charge on any atom is -0.368 e. The molecule has 1 heterocycles. The molecule has 0 radical (unpaired) electrons. The Hall–Kier alpha value is -1.55. The second kappa shape index (κ2) is 3.91. The van der Waals surface area contributed by atoms with Crippen molar-refractivity contribution in [2.45, 2.75) is 0 Å². The Kier molecular flexibility index (Phi) is 2.87. The Morgan fingerprint density at radius 1 is 1.15 bits per heavy atom. The predicted molar refractivity (Wildman–Crippen MR) is 53.0 cm³/mol. The minimum atomic E-state index is 0. The standard InChI is InChI=1S/C8H8N4.ClH/c9-8-11-10-6-12(8)7-4-2-1-3-5-7;/h1-6H,(H2,9,11);1H. The maximum Gasteiger partial charge on any atom is 0.226 e. The van der Waals surface area contributed by atoms with Gasteiger partial charge in [-0.05, 0) is 12.1 Å². The molecule has 0 bridgehead atoms. The quantitative estimate of drug-likeness (QED) is 0.748. The summed E-state index contributed by atoms with van der Waals surface area (Å²) in [6.45, 7) is 0. The number of halogens is 1. The van der Waals surface area contributed by atoms with Crippen molar-refractivity contribution in [3.63, 3.8) is 0 Å². The molecule has 68 valence electrons. The number of benzene rings is 1. The molecular weight excluding hydrogens is 188 g/mol. The Morgan fingerprint density at radius 2 is 1.85 bits per heavy atom. The third-order valence-electron chi connectivity index (χ3n) is 1.61. The highest BCUT2D eigenvalue weighted by molar-refractivity contribution is 5.85. The molecule has 0 aliphatic rings. The van der Waals surface area contributed by atoms with Gasteiger partial charge in [-0.15, -0.1) is 22.6 Å². The summed E-state index contributed by atoms with van der Waals surface area (Å²) in [5.74, 6) is 0.404. The zero-order valence-electron chi connectivity index (χ0n) is 6.79. The van der Waals surface area contributed by atoms with Crippen molar-refractivity contribution in [1.82, 2.24) is 14.8 Å². The summed E-state index contributed by atoms with van der Waals surface area (Å²) in [5.41, 5.74) is 6.53. The lowest BCUT2D eigenvalue weighted by Crippen LogP contribution is -1.98. The van der Waals surface area contributed by atoms with Gasteiger partial charge < -0.3 is 5.73 Å². The van der Waals surface area contributed by atoms with Gasteiger partial charge in [0.25, 0.3) is 0 Å². The summed E-state index contributed by atoms with van der Waals surface area (Å²) in [4.78, 5) is 0. The molecule has 0 fully saturated rings. The normalized spacial score (nSPS) is 9.23. The third kappa shape index (κ3) is 1.78. The van der Waals surface area contributed by atoms with Crippen LogP contribution in [0.25, 0.3) is 5.69 Å². The van der Waals surface area contributed by atoms with Crippen LogP contribution in [0.15, 0.2) is 36.7 Å². The van der Waals surface area contributed by atoms with E-state index in [4.69, 9.17) is 5.73 Å². The van der Waals surface area contributed by atoms with Gasteiger partial charge in [0, 0.05) is 0 Å². The molecule has 4 nitrogen and oxygen atoms in total. The van der Waals surface area contributed by atoms with Crippen LogP contribution in [-0.4, -0.2) is 14.8 Å². The number of nitrogen functional groups attached to an aromatic ring is 1. The molecule has 0 spiro atoms. The molecule has 0 saturated heterocycles. The highest BCUT2D eigenvalue weighted by Crippen LogP contribution is 2.08. The van der Waals surface area contributed by atoms with E-state index in [9.17, 15) is 0 Å². The lowest BCUT2D eigenvalue weighted by Gasteiger charge is -2.00. The van der Waals surface area contributed by atoms with E-state index in [2.05, 4.69) is 10.2 Å². The van der Waals surface area contributed by atoms with Gasteiger partial charge in [0.1, 0.15) is 6.33 Å². The monoisotopic (exact) mass is 196 g/mol. The molecule has 5 heteroatoms. The van der Waals surface area contributed by atoms with E-state index in [0.717, 1.165) is 5.69 Å². The summed E-state index contributed by atoms with van der Waals surface area (Å²) >= 11 is 0. The molecule has 2 aromatic rings. The van der Waals surface area contributed by atoms with Gasteiger partial charge in [0.05, 0.1) is 5.69 Å². The number of rotatable bonds is 1. The Bertz CT molecular complexity index is 371. The zero-order chi connectivity index (χ0) is 8.39. The Labute approximate surface area is 81.8 Å². The van der Waals surface area contributed by atoms with E-state index < -0.39 is 0 Å². The predicted octanol–water partition coefficient (Wildman–Crippen LogP) is 1.27. The van der Waals surface area contributed by atoms with E-state index in [0.29, 0.717) is 5.95 Å². The fourth-order valence-electron chi connectivity index (χ4n) is 1.03. The first-order valence-corrected chi connectivity index (χ1v) is 3.59. The Morgan fingerprint density at radius 3 is 2.38 bits per heavy atom. The lowest BCUT2D eigenvalue weighted by atomic mass is 10.3. The fraction of sp³-hybridized carbons (Fsp3) is 0. The summed E-state index contributed by atoms with van der Waals surface area (Å²) in [7, 11) is 0. The molecule has 13 heavy (non-hydrogen) atoms. The van der Waals surface area contributed by atoms with Crippen molar-refractivity contribution < 1.29 is 0 Å². The van der Waals surface area contributed by atoms with Crippen molar-refractivity contribution in [1.29, 1.82) is 0 Å². The summed E-state index contributed by atoms with van der Waals surface area (Å²) in [6.07, 6.45) is 1.59. The van der Waals surface area contributed by atoms with Crippen LogP contribution < -0.4 is 5.73 Å². The van der Waals surface area contributed by atoms with Crippen LogP contribution >= 0.6 is 12.4 Å². The van der Waals surface area contributed by atoms with Gasteiger partial charge in [-0.2, -0.15) is 0 Å². The first kappa shape index (κ1) is 9.54. The van der Waals surface area contributed by atoms with E-state index in [-0.39, 0.29) is 12.4 Å². The number of nitrogens with zero attached hydrogens (tertiary/aromatic N) is 3. The van der Waals surface area contributed by atoms with Crippen LogP contribution in [0.1, 0.15) is 0 Å². The average molecular weight is 197 g/mol. The molecule has 0 saturated carbocycles. The van der Waals surface area contributed by atoms with Gasteiger partial charge in [-0.25, -0.2) is 0 Å². The molecule has 0 atom stereocenters. The van der Waals surface area contributed by atoms with Gasteiger partial charge in [-0.3, -0.25) is 4.57 Å². The molecule has 1 aromatic carbocycles. The van der Waals surface area contributed by atoms with Gasteiger partial charge >= 0.3 is 0 Å². The first-order chi connectivity index (χ1) is 5.88. The second-order valence-electron chi connectivity index (χ2n) is 2.39. The number of anilines is 1. The van der Waals surface area contributed by atoms with Crippen LogP contribution in [0.5, 0.6) is 0 Å². The van der Waals surface area contributed by atoms with Crippen molar-refractivity contribution >= 4 is 18.4 Å². The molecule has 2 rings (SSSR count). The largest absolute Gasteiger partial charge is 0.368 e. The second-order valence-corrected chi connectivity index (χ2v) is 2.39. The number of hydrogen-bond donors (Lipinski definition) is 1. The molecule has 0 aliphatic heterocycles. The van der Waals surface area contributed by atoms with Crippen LogP contribution in [0.4, 0.5) is 5.95 Å². The summed E-state index contributed by atoms with van der Waals surface area (Å²) in [6, 6.07) is 9.72. The molecular formula is C8H9ClN4. The van der Waals surface area contributed by atoms with Crippen molar-refractivity contribution in [3.8, 4) is 5.69 Å². The van der Waals surface area contributed by atoms with E-state index in [1.165, 1.54) is 0 Å². The number of aromatic nitrogens is 3. The summed E-state index contributed by atoms with van der Waals surface area (Å²) in [5, 5.41) is 7.37. The fourth-order valence-corrected chi connectivity index (χ4v) is 1.03.